The third kappa shape index (κ3) is 2.78. The number of hydrogen-bond donors (Lipinski definition) is 2. The minimum atomic E-state index is -0.156. The summed E-state index contributed by atoms with van der Waals surface area (Å²) in [4.78, 5) is 14.4. The summed E-state index contributed by atoms with van der Waals surface area (Å²) in [5.41, 5.74) is 6.83. The van der Waals surface area contributed by atoms with E-state index in [1.54, 1.807) is 37.1 Å². The zero-order chi connectivity index (χ0) is 14.7. The number of nitrogens with two attached hydrogens (primary N) is 1. The molecule has 1 aromatic carbocycles. The minimum Gasteiger partial charge on any atom is -0.507 e. The SMILES string of the molecule is COC1CCN(C(=O)c2cccc(C)c2O)C(CN)C1. The lowest BCUT2D eigenvalue weighted by Crippen LogP contribution is -2.51. The lowest BCUT2D eigenvalue weighted by Gasteiger charge is -2.38. The largest absolute Gasteiger partial charge is 0.507 e. The summed E-state index contributed by atoms with van der Waals surface area (Å²) in [5, 5.41) is 10.1. The molecule has 110 valence electrons. The minimum absolute atomic E-state index is 0.0406. The second kappa shape index (κ2) is 6.24. The van der Waals surface area contributed by atoms with Gasteiger partial charge in [-0.1, -0.05) is 12.1 Å². The molecule has 0 aliphatic carbocycles. The molecule has 2 unspecified atom stereocenters. The lowest BCUT2D eigenvalue weighted by atomic mass is 9.97. The van der Waals surface area contributed by atoms with E-state index in [1.165, 1.54) is 0 Å². The summed E-state index contributed by atoms with van der Waals surface area (Å²) in [7, 11) is 1.68. The molecule has 3 N–H and O–H groups in total. The van der Waals surface area contributed by atoms with E-state index in [-0.39, 0.29) is 23.8 Å². The van der Waals surface area contributed by atoms with Crippen molar-refractivity contribution in [2.24, 2.45) is 5.73 Å². The number of para-hydroxylation sites is 1. The Labute approximate surface area is 119 Å². The van der Waals surface area contributed by atoms with Crippen LogP contribution in [0.1, 0.15) is 28.8 Å². The van der Waals surface area contributed by atoms with Gasteiger partial charge >= 0.3 is 0 Å². The fraction of sp³-hybridized carbons (Fsp3) is 0.533. The third-order valence-corrected chi connectivity index (χ3v) is 4.00. The molecule has 0 radical (unpaired) electrons. The summed E-state index contributed by atoms with van der Waals surface area (Å²) < 4.78 is 5.36. The number of amides is 1. The van der Waals surface area contributed by atoms with Gasteiger partial charge < -0.3 is 20.5 Å². The van der Waals surface area contributed by atoms with Gasteiger partial charge in [0, 0.05) is 26.2 Å². The number of piperidine rings is 1. The molecule has 5 heteroatoms. The number of phenolic OH excluding ortho intramolecular Hbond substituents is 1. The van der Waals surface area contributed by atoms with Crippen LogP contribution in [0.25, 0.3) is 0 Å². The summed E-state index contributed by atoms with van der Waals surface area (Å²) in [6.45, 7) is 2.79. The quantitative estimate of drug-likeness (QED) is 0.873. The van der Waals surface area contributed by atoms with Crippen molar-refractivity contribution in [3.8, 4) is 5.75 Å². The molecule has 1 aliphatic heterocycles. The van der Waals surface area contributed by atoms with Gasteiger partial charge in [0.05, 0.1) is 11.7 Å². The Bertz CT molecular complexity index is 490. The van der Waals surface area contributed by atoms with Crippen LogP contribution in [0, 0.1) is 6.92 Å². The second-order valence-corrected chi connectivity index (χ2v) is 5.24. The normalized spacial score (nSPS) is 22.9. The first-order chi connectivity index (χ1) is 9.58. The fourth-order valence-corrected chi connectivity index (χ4v) is 2.71. The van der Waals surface area contributed by atoms with Crippen LogP contribution in [0.15, 0.2) is 18.2 Å². The van der Waals surface area contributed by atoms with Crippen molar-refractivity contribution in [1.29, 1.82) is 0 Å². The highest BCUT2D eigenvalue weighted by molar-refractivity contribution is 5.97. The third-order valence-electron chi connectivity index (χ3n) is 4.00. The van der Waals surface area contributed by atoms with Crippen molar-refractivity contribution in [1.82, 2.24) is 4.90 Å². The Morgan fingerprint density at radius 2 is 2.30 bits per heavy atom. The van der Waals surface area contributed by atoms with Gasteiger partial charge in [0.2, 0.25) is 0 Å². The van der Waals surface area contributed by atoms with Crippen LogP contribution < -0.4 is 5.73 Å². The Balaban J connectivity index is 2.22. The van der Waals surface area contributed by atoms with Gasteiger partial charge in [-0.25, -0.2) is 0 Å². The molecule has 2 rings (SSSR count). The van der Waals surface area contributed by atoms with Crippen LogP contribution in [0.4, 0.5) is 0 Å². The van der Waals surface area contributed by atoms with Crippen LogP contribution in [0.5, 0.6) is 5.75 Å². The molecular formula is C15H22N2O3. The summed E-state index contributed by atoms with van der Waals surface area (Å²) >= 11 is 0. The monoisotopic (exact) mass is 278 g/mol. The van der Waals surface area contributed by atoms with E-state index in [2.05, 4.69) is 0 Å². The molecule has 2 atom stereocenters. The van der Waals surface area contributed by atoms with Gasteiger partial charge in [-0.2, -0.15) is 0 Å². The highest BCUT2D eigenvalue weighted by Crippen LogP contribution is 2.26. The van der Waals surface area contributed by atoms with Crippen LogP contribution in [0.2, 0.25) is 0 Å². The molecule has 0 aromatic heterocycles. The van der Waals surface area contributed by atoms with E-state index in [9.17, 15) is 9.90 Å². The van der Waals surface area contributed by atoms with Gasteiger partial charge in [-0.3, -0.25) is 4.79 Å². The number of methoxy groups -OCH3 is 1. The number of carbonyl (C=O) groups is 1. The lowest BCUT2D eigenvalue weighted by molar-refractivity contribution is 0.0138. The maximum absolute atomic E-state index is 12.6. The van der Waals surface area contributed by atoms with Gasteiger partial charge in [-0.05, 0) is 31.4 Å². The van der Waals surface area contributed by atoms with Crippen molar-refractivity contribution in [2.45, 2.75) is 31.9 Å². The maximum Gasteiger partial charge on any atom is 0.257 e. The molecule has 1 aromatic rings. The van der Waals surface area contributed by atoms with Crippen LogP contribution in [0.3, 0.4) is 0 Å². The average Bonchev–Trinajstić information content (AvgIpc) is 2.48. The summed E-state index contributed by atoms with van der Waals surface area (Å²) in [6, 6.07) is 5.17. The van der Waals surface area contributed by atoms with E-state index in [0.717, 1.165) is 12.8 Å². The number of benzene rings is 1. The van der Waals surface area contributed by atoms with E-state index in [1.807, 2.05) is 0 Å². The number of likely N-dealkylation sites (tertiary alicyclic amines) is 1. The first-order valence-corrected chi connectivity index (χ1v) is 6.90. The van der Waals surface area contributed by atoms with E-state index < -0.39 is 0 Å². The Hall–Kier alpha value is -1.59. The van der Waals surface area contributed by atoms with Gasteiger partial charge in [0.1, 0.15) is 5.75 Å². The maximum atomic E-state index is 12.6. The number of nitrogens with zero attached hydrogens (tertiary/aromatic N) is 1. The Morgan fingerprint density at radius 3 is 2.95 bits per heavy atom. The van der Waals surface area contributed by atoms with Crippen molar-refractivity contribution in [2.75, 3.05) is 20.2 Å². The molecular weight excluding hydrogens is 256 g/mol. The predicted octanol–water partition coefficient (Wildman–Crippen LogP) is 1.28. The Morgan fingerprint density at radius 1 is 1.55 bits per heavy atom. The van der Waals surface area contributed by atoms with Crippen molar-refractivity contribution < 1.29 is 14.6 Å². The Kier molecular flexibility index (Phi) is 4.62. The van der Waals surface area contributed by atoms with Gasteiger partial charge in [0.25, 0.3) is 5.91 Å². The summed E-state index contributed by atoms with van der Waals surface area (Å²) in [6.07, 6.45) is 1.69. The highest BCUT2D eigenvalue weighted by Gasteiger charge is 2.32. The highest BCUT2D eigenvalue weighted by atomic mass is 16.5. The number of hydrogen-bond acceptors (Lipinski definition) is 4. The smallest absolute Gasteiger partial charge is 0.257 e. The summed E-state index contributed by atoms with van der Waals surface area (Å²) in [5.74, 6) is -0.0988. The number of ether oxygens (including phenoxy) is 1. The molecule has 0 saturated carbocycles. The molecule has 1 amide bonds. The number of carbonyl (C=O) groups excluding carboxylic acids is 1. The van der Waals surface area contributed by atoms with Gasteiger partial charge in [-0.15, -0.1) is 0 Å². The standard InChI is InChI=1S/C15H22N2O3/c1-10-4-3-5-13(14(10)18)15(19)17-7-6-12(20-2)8-11(17)9-16/h3-5,11-12,18H,6-9,16H2,1-2H3. The van der Waals surface area contributed by atoms with Crippen molar-refractivity contribution >= 4 is 5.91 Å². The number of phenols is 1. The number of aromatic hydroxyl groups is 1. The molecule has 5 nitrogen and oxygen atoms in total. The van der Waals surface area contributed by atoms with Crippen molar-refractivity contribution in [3.63, 3.8) is 0 Å². The molecule has 0 bridgehead atoms. The second-order valence-electron chi connectivity index (χ2n) is 5.24. The van der Waals surface area contributed by atoms with Crippen LogP contribution in [-0.4, -0.2) is 48.3 Å². The predicted molar refractivity (Wildman–Crippen MR) is 76.8 cm³/mol. The van der Waals surface area contributed by atoms with E-state index >= 15 is 0 Å². The topological polar surface area (TPSA) is 75.8 Å². The molecule has 1 fully saturated rings. The number of aryl methyl sites for hydroxylation is 1. The molecule has 1 aliphatic rings. The molecule has 1 heterocycles. The molecule has 1 saturated heterocycles. The van der Waals surface area contributed by atoms with Gasteiger partial charge in [0.15, 0.2) is 0 Å². The fourth-order valence-electron chi connectivity index (χ4n) is 2.71. The average molecular weight is 278 g/mol. The molecule has 0 spiro atoms. The first kappa shape index (κ1) is 14.8. The zero-order valence-electron chi connectivity index (χ0n) is 12.0. The molecule has 20 heavy (non-hydrogen) atoms. The first-order valence-electron chi connectivity index (χ1n) is 6.90. The van der Waals surface area contributed by atoms with Crippen molar-refractivity contribution in [3.05, 3.63) is 29.3 Å². The van der Waals surface area contributed by atoms with E-state index in [4.69, 9.17) is 10.5 Å². The van der Waals surface area contributed by atoms with E-state index in [0.29, 0.717) is 24.2 Å². The number of rotatable bonds is 3. The van der Waals surface area contributed by atoms with Crippen LogP contribution in [-0.2, 0) is 4.74 Å². The van der Waals surface area contributed by atoms with Crippen LogP contribution >= 0.6 is 0 Å². The zero-order valence-corrected chi connectivity index (χ0v) is 12.0.